The highest BCUT2D eigenvalue weighted by Crippen LogP contribution is 2.26. The van der Waals surface area contributed by atoms with E-state index in [1.54, 1.807) is 0 Å². The van der Waals surface area contributed by atoms with Crippen molar-refractivity contribution in [2.24, 2.45) is 0 Å². The molecule has 20 heavy (non-hydrogen) atoms. The number of nitrogens with two attached hydrogens (primary N) is 1. The first-order chi connectivity index (χ1) is 9.25. The predicted molar refractivity (Wildman–Crippen MR) is 78.9 cm³/mol. The van der Waals surface area contributed by atoms with Crippen LogP contribution in [-0.2, 0) is 16.6 Å². The van der Waals surface area contributed by atoms with Crippen LogP contribution in [0.4, 0.5) is 5.82 Å². The molecule has 0 unspecified atom stereocenters. The number of aromatic nitrogens is 3. The third-order valence-corrected chi connectivity index (χ3v) is 5.38. The van der Waals surface area contributed by atoms with E-state index >= 15 is 0 Å². The lowest BCUT2D eigenvalue weighted by atomic mass is 10.2. The lowest BCUT2D eigenvalue weighted by molar-refractivity contribution is 0.515. The Morgan fingerprint density at radius 2 is 1.95 bits per heavy atom. The summed E-state index contributed by atoms with van der Waals surface area (Å²) in [5.41, 5.74) is 8.51. The molecule has 110 valence electrons. The Kier molecular flexibility index (Phi) is 3.70. The fraction of sp³-hybridized carbons (Fsp3) is 0.500. The largest absolute Gasteiger partial charge is 0.383 e. The highest BCUT2D eigenvalue weighted by atomic mass is 32.2. The molecule has 0 saturated carbocycles. The normalized spacial score (nSPS) is 12.4. The first kappa shape index (κ1) is 14.7. The van der Waals surface area contributed by atoms with Crippen LogP contribution in [0.5, 0.6) is 0 Å². The van der Waals surface area contributed by atoms with Crippen molar-refractivity contribution in [3.05, 3.63) is 17.6 Å². The second kappa shape index (κ2) is 5.02. The van der Waals surface area contributed by atoms with E-state index in [2.05, 4.69) is 9.97 Å². The molecule has 0 aliphatic carbocycles. The van der Waals surface area contributed by atoms with Crippen LogP contribution in [0.3, 0.4) is 0 Å². The van der Waals surface area contributed by atoms with E-state index in [4.69, 9.17) is 5.73 Å². The van der Waals surface area contributed by atoms with Gasteiger partial charge in [0.15, 0.2) is 0 Å². The molecule has 2 heterocycles. The van der Waals surface area contributed by atoms with E-state index < -0.39 is 10.0 Å². The lowest BCUT2D eigenvalue weighted by Crippen LogP contribution is -2.27. The molecule has 8 heteroatoms. The molecule has 2 rings (SSSR count). The molecule has 2 N–H and O–H groups in total. The Balaban J connectivity index is 2.46. The van der Waals surface area contributed by atoms with Crippen LogP contribution in [0.1, 0.15) is 11.3 Å². The zero-order valence-electron chi connectivity index (χ0n) is 12.1. The van der Waals surface area contributed by atoms with Crippen LogP contribution in [0.2, 0.25) is 0 Å². The van der Waals surface area contributed by atoms with Crippen LogP contribution in [0.15, 0.2) is 6.33 Å². The number of fused-ring (bicyclic) bond motifs is 1. The quantitative estimate of drug-likeness (QED) is 0.888. The number of anilines is 1. The van der Waals surface area contributed by atoms with Crippen LogP contribution < -0.4 is 5.73 Å². The summed E-state index contributed by atoms with van der Waals surface area (Å²) in [6.45, 7) is 4.21. The van der Waals surface area contributed by atoms with Gasteiger partial charge >= 0.3 is 0 Å². The number of sulfonamides is 1. The van der Waals surface area contributed by atoms with Crippen molar-refractivity contribution in [3.8, 4) is 0 Å². The van der Waals surface area contributed by atoms with Crippen LogP contribution in [0.25, 0.3) is 11.0 Å². The standard InChI is InChI=1S/C12H19N5O2S/c1-8-9(2)17(5-6-20(18,19)16(3)4)12-10(8)11(13)14-7-15-12/h7H,5-6H2,1-4H3,(H2,13,14,15). The second-order valence-electron chi connectivity index (χ2n) is 4.92. The van der Waals surface area contributed by atoms with Crippen molar-refractivity contribution >= 4 is 26.9 Å². The van der Waals surface area contributed by atoms with Crippen molar-refractivity contribution < 1.29 is 8.42 Å². The van der Waals surface area contributed by atoms with Crippen molar-refractivity contribution in [1.29, 1.82) is 0 Å². The maximum Gasteiger partial charge on any atom is 0.215 e. The number of aryl methyl sites for hydroxylation is 2. The fourth-order valence-electron chi connectivity index (χ4n) is 2.16. The fourth-order valence-corrected chi connectivity index (χ4v) is 2.94. The third-order valence-electron chi connectivity index (χ3n) is 3.56. The number of hydrogen-bond acceptors (Lipinski definition) is 5. The summed E-state index contributed by atoms with van der Waals surface area (Å²) in [6.07, 6.45) is 1.40. The van der Waals surface area contributed by atoms with Gasteiger partial charge in [-0.2, -0.15) is 0 Å². The summed E-state index contributed by atoms with van der Waals surface area (Å²) in [5, 5.41) is 0.798. The Hall–Kier alpha value is -1.67. The minimum Gasteiger partial charge on any atom is -0.383 e. The van der Waals surface area contributed by atoms with Crippen molar-refractivity contribution in [1.82, 2.24) is 18.8 Å². The van der Waals surface area contributed by atoms with E-state index in [9.17, 15) is 8.42 Å². The molecule has 0 spiro atoms. The first-order valence-corrected chi connectivity index (χ1v) is 7.82. The summed E-state index contributed by atoms with van der Waals surface area (Å²) >= 11 is 0. The molecular weight excluding hydrogens is 278 g/mol. The predicted octanol–water partition coefficient (Wildman–Crippen LogP) is 0.522. The topological polar surface area (TPSA) is 94.1 Å². The molecule has 0 bridgehead atoms. The highest BCUT2D eigenvalue weighted by Gasteiger charge is 2.18. The number of rotatable bonds is 4. The van der Waals surface area contributed by atoms with Crippen molar-refractivity contribution in [3.63, 3.8) is 0 Å². The van der Waals surface area contributed by atoms with Gasteiger partial charge in [-0.3, -0.25) is 0 Å². The average molecular weight is 297 g/mol. The Morgan fingerprint density at radius 1 is 1.30 bits per heavy atom. The van der Waals surface area contributed by atoms with Crippen LogP contribution in [-0.4, -0.2) is 47.1 Å². The van der Waals surface area contributed by atoms with Crippen molar-refractivity contribution in [2.45, 2.75) is 20.4 Å². The number of hydrogen-bond donors (Lipinski definition) is 1. The minimum atomic E-state index is -3.24. The van der Waals surface area contributed by atoms with E-state index in [1.165, 1.54) is 24.7 Å². The number of nitrogens with zero attached hydrogens (tertiary/aromatic N) is 4. The smallest absolute Gasteiger partial charge is 0.215 e. The summed E-state index contributed by atoms with van der Waals surface area (Å²) in [7, 11) is -0.187. The number of nitrogen functional groups attached to an aromatic ring is 1. The van der Waals surface area contributed by atoms with E-state index in [-0.39, 0.29) is 5.75 Å². The molecule has 7 nitrogen and oxygen atoms in total. The summed E-state index contributed by atoms with van der Waals surface area (Å²) < 4.78 is 26.9. The Labute approximate surface area is 118 Å². The van der Waals surface area contributed by atoms with Gasteiger partial charge < -0.3 is 10.3 Å². The zero-order valence-corrected chi connectivity index (χ0v) is 12.9. The zero-order chi connectivity index (χ0) is 15.1. The Bertz CT molecular complexity index is 749. The van der Waals surface area contributed by atoms with Gasteiger partial charge in [0.05, 0.1) is 11.1 Å². The summed E-state index contributed by atoms with van der Waals surface area (Å²) in [5.74, 6) is 0.443. The molecule has 0 aromatic carbocycles. The van der Waals surface area contributed by atoms with E-state index in [1.807, 2.05) is 18.4 Å². The molecule has 0 saturated heterocycles. The molecule has 2 aromatic rings. The van der Waals surface area contributed by atoms with Crippen LogP contribution >= 0.6 is 0 Å². The van der Waals surface area contributed by atoms with Gasteiger partial charge in [-0.1, -0.05) is 0 Å². The molecule has 0 radical (unpaired) electrons. The van der Waals surface area contributed by atoms with Gasteiger partial charge in [-0.05, 0) is 19.4 Å². The van der Waals surface area contributed by atoms with Crippen LogP contribution in [0, 0.1) is 13.8 Å². The second-order valence-corrected chi connectivity index (χ2v) is 7.22. The third kappa shape index (κ3) is 2.36. The van der Waals surface area contributed by atoms with E-state index in [0.29, 0.717) is 18.0 Å². The monoisotopic (exact) mass is 297 g/mol. The van der Waals surface area contributed by atoms with Gasteiger partial charge in [0.1, 0.15) is 17.8 Å². The van der Waals surface area contributed by atoms with Gasteiger partial charge in [0.2, 0.25) is 10.0 Å². The van der Waals surface area contributed by atoms with Gasteiger partial charge in [-0.25, -0.2) is 22.7 Å². The molecule has 0 fully saturated rings. The average Bonchev–Trinajstić information content (AvgIpc) is 2.61. The summed E-state index contributed by atoms with van der Waals surface area (Å²) in [4.78, 5) is 8.22. The lowest BCUT2D eigenvalue weighted by Gasteiger charge is -2.13. The maximum atomic E-state index is 11.9. The molecule has 0 aliphatic rings. The Morgan fingerprint density at radius 3 is 2.55 bits per heavy atom. The molecule has 0 atom stereocenters. The summed E-state index contributed by atoms with van der Waals surface area (Å²) in [6, 6.07) is 0. The molecular formula is C12H19N5O2S. The molecule has 2 aromatic heterocycles. The SMILES string of the molecule is Cc1c(C)n(CCS(=O)(=O)N(C)C)c2ncnc(N)c12. The minimum absolute atomic E-state index is 0.0218. The van der Waals surface area contributed by atoms with Gasteiger partial charge in [0, 0.05) is 26.3 Å². The molecule has 0 amide bonds. The van der Waals surface area contributed by atoms with Gasteiger partial charge in [-0.15, -0.1) is 0 Å². The van der Waals surface area contributed by atoms with E-state index in [0.717, 1.165) is 16.6 Å². The van der Waals surface area contributed by atoms with Crippen molar-refractivity contribution in [2.75, 3.05) is 25.6 Å². The first-order valence-electron chi connectivity index (χ1n) is 6.21. The van der Waals surface area contributed by atoms with Gasteiger partial charge in [0.25, 0.3) is 0 Å². The molecule has 0 aliphatic heterocycles. The maximum absolute atomic E-state index is 11.9. The highest BCUT2D eigenvalue weighted by molar-refractivity contribution is 7.89.